The van der Waals surface area contributed by atoms with Crippen molar-refractivity contribution in [2.24, 2.45) is 0 Å². The van der Waals surface area contributed by atoms with Crippen LogP contribution in [0.25, 0.3) is 10.9 Å². The minimum absolute atomic E-state index is 0. The number of aromatic carboxylic acids is 1. The molecule has 0 saturated heterocycles. The summed E-state index contributed by atoms with van der Waals surface area (Å²) >= 11 is 0. The summed E-state index contributed by atoms with van der Waals surface area (Å²) < 4.78 is 12.2. The molecule has 3 rings (SSSR count). The van der Waals surface area contributed by atoms with Crippen molar-refractivity contribution < 1.29 is 19.4 Å². The van der Waals surface area contributed by atoms with E-state index >= 15 is 0 Å². The quantitative estimate of drug-likeness (QED) is 0.839. The molecule has 1 N–H and O–H groups in total. The van der Waals surface area contributed by atoms with E-state index in [1.165, 1.54) is 6.20 Å². The second kappa shape index (κ2) is 5.86. The van der Waals surface area contributed by atoms with Crippen LogP contribution in [0.15, 0.2) is 23.1 Å². The molecule has 1 aromatic heterocycles. The van der Waals surface area contributed by atoms with Crippen molar-refractivity contribution in [2.75, 3.05) is 6.79 Å². The van der Waals surface area contributed by atoms with Crippen LogP contribution in [0.4, 0.5) is 0 Å². The van der Waals surface area contributed by atoms with Gasteiger partial charge in [-0.05, 0) is 13.0 Å². The summed E-state index contributed by atoms with van der Waals surface area (Å²) in [5, 5.41) is 9.39. The molecule has 0 fully saturated rings. The Hall–Kier alpha value is -0.864. The molecule has 0 bridgehead atoms. The molecule has 0 spiro atoms. The Morgan fingerprint density at radius 1 is 1.35 bits per heavy atom. The molecular weight excluding hydrogens is 289 g/mol. The first kappa shape index (κ1) is 15.5. The summed E-state index contributed by atoms with van der Waals surface area (Å²) in [6.07, 6.45) is 1.36. The largest absolute Gasteiger partial charge is 0.477 e. The molecule has 6 nitrogen and oxygen atoms in total. The predicted molar refractivity (Wildman–Crippen MR) is 72.7 cm³/mol. The summed E-state index contributed by atoms with van der Waals surface area (Å²) in [7, 11) is 0. The number of carboxylic acids is 1. The molecule has 1 aliphatic rings. The molecule has 0 amide bonds. The van der Waals surface area contributed by atoms with Gasteiger partial charge in [0, 0.05) is 70.2 Å². The number of rotatable bonds is 2. The molecule has 0 saturated carbocycles. The number of carbonyl (C=O) groups is 1. The van der Waals surface area contributed by atoms with E-state index in [4.69, 9.17) is 14.6 Å². The molecule has 1 aliphatic heterocycles. The average molecular weight is 300 g/mol. The number of hydrogen-bond donors (Lipinski definition) is 1. The van der Waals surface area contributed by atoms with Crippen molar-refractivity contribution in [3.8, 4) is 11.5 Å². The van der Waals surface area contributed by atoms with Gasteiger partial charge in [0.15, 0.2) is 11.5 Å². The van der Waals surface area contributed by atoms with Crippen molar-refractivity contribution in [3.63, 3.8) is 0 Å². The molecule has 1 radical (unpaired) electrons. The number of carboxylic acid groups (broad SMARTS) is 1. The second-order valence-corrected chi connectivity index (χ2v) is 4.19. The molecule has 0 atom stereocenters. The van der Waals surface area contributed by atoms with Gasteiger partial charge in [-0.25, -0.2) is 4.79 Å². The molecule has 2 aromatic rings. The Kier molecular flexibility index (Phi) is 4.55. The van der Waals surface area contributed by atoms with Crippen molar-refractivity contribution in [3.05, 3.63) is 34.1 Å². The third-order valence-corrected chi connectivity index (χ3v) is 3.15. The van der Waals surface area contributed by atoms with E-state index in [0.29, 0.717) is 28.9 Å². The van der Waals surface area contributed by atoms with Gasteiger partial charge in [-0.1, -0.05) is 0 Å². The number of hydrogen-bond acceptors (Lipinski definition) is 4. The third-order valence-electron chi connectivity index (χ3n) is 3.15. The van der Waals surface area contributed by atoms with Crippen LogP contribution in [0.5, 0.6) is 11.5 Å². The maximum absolute atomic E-state index is 12.1. The molecule has 1 aromatic carbocycles. The zero-order valence-electron chi connectivity index (χ0n) is 11.2. The van der Waals surface area contributed by atoms with Gasteiger partial charge in [0.2, 0.25) is 12.2 Å². The number of benzene rings is 1. The number of fused-ring (bicyclic) bond motifs is 2. The Labute approximate surface area is 156 Å². The van der Waals surface area contributed by atoms with E-state index in [2.05, 4.69) is 0 Å². The number of ether oxygens (including phenoxy) is 2. The standard InChI is InChI=1S/C13H11NO5.K/c1-2-14-5-8(13(16)17)12(15)7-3-10-11(4-9(7)14)19-6-18-10;/h3-5H,2,6H2,1H3,(H,16,17);. The zero-order valence-corrected chi connectivity index (χ0v) is 14.3. The van der Waals surface area contributed by atoms with E-state index in [0.717, 1.165) is 0 Å². The van der Waals surface area contributed by atoms with Crippen LogP contribution in [0.1, 0.15) is 17.3 Å². The predicted octanol–water partition coefficient (Wildman–Crippen LogP) is 1.07. The first-order valence-corrected chi connectivity index (χ1v) is 5.82. The van der Waals surface area contributed by atoms with Crippen molar-refractivity contribution >= 4 is 68.3 Å². The van der Waals surface area contributed by atoms with Crippen molar-refractivity contribution in [2.45, 2.75) is 13.5 Å². The second-order valence-electron chi connectivity index (χ2n) is 4.19. The van der Waals surface area contributed by atoms with E-state index in [1.807, 2.05) is 6.92 Å². The topological polar surface area (TPSA) is 77.8 Å². The van der Waals surface area contributed by atoms with Crippen LogP contribution >= 0.6 is 0 Å². The van der Waals surface area contributed by atoms with E-state index in [9.17, 15) is 9.59 Å². The smallest absolute Gasteiger partial charge is 0.341 e. The fourth-order valence-electron chi connectivity index (χ4n) is 2.19. The van der Waals surface area contributed by atoms with E-state index in [-0.39, 0.29) is 63.7 Å². The molecule has 99 valence electrons. The third kappa shape index (κ3) is 2.40. The summed E-state index contributed by atoms with van der Waals surface area (Å²) in [6, 6.07) is 3.24. The summed E-state index contributed by atoms with van der Waals surface area (Å²) in [5.41, 5.74) is -0.111. The number of aryl methyl sites for hydroxylation is 1. The monoisotopic (exact) mass is 300 g/mol. The molecule has 0 aliphatic carbocycles. The number of nitrogens with zero attached hydrogens (tertiary/aromatic N) is 1. The fraction of sp³-hybridized carbons (Fsp3) is 0.231. The van der Waals surface area contributed by atoms with E-state index in [1.54, 1.807) is 16.7 Å². The van der Waals surface area contributed by atoms with Crippen LogP contribution in [0, 0.1) is 0 Å². The normalized spacial score (nSPS) is 12.2. The fourth-order valence-corrected chi connectivity index (χ4v) is 2.19. The first-order chi connectivity index (χ1) is 9.11. The Morgan fingerprint density at radius 2 is 2.00 bits per heavy atom. The summed E-state index contributed by atoms with van der Waals surface area (Å²) in [5.74, 6) is -0.196. The molecular formula is C13H11KNO5. The van der Waals surface area contributed by atoms with Gasteiger partial charge < -0.3 is 19.1 Å². The molecule has 20 heavy (non-hydrogen) atoms. The Balaban J connectivity index is 0.00000147. The summed E-state index contributed by atoms with van der Waals surface area (Å²) in [6.45, 7) is 2.54. The van der Waals surface area contributed by atoms with Gasteiger partial charge in [-0.2, -0.15) is 0 Å². The van der Waals surface area contributed by atoms with E-state index < -0.39 is 11.4 Å². The van der Waals surface area contributed by atoms with Crippen LogP contribution in [0.2, 0.25) is 0 Å². The van der Waals surface area contributed by atoms with Crippen LogP contribution in [-0.4, -0.2) is 73.8 Å². The number of pyridine rings is 1. The zero-order chi connectivity index (χ0) is 13.6. The van der Waals surface area contributed by atoms with Gasteiger partial charge in [0.25, 0.3) is 0 Å². The minimum Gasteiger partial charge on any atom is -0.477 e. The van der Waals surface area contributed by atoms with Gasteiger partial charge in [0.1, 0.15) is 5.56 Å². The molecule has 7 heteroatoms. The first-order valence-electron chi connectivity index (χ1n) is 5.82. The maximum Gasteiger partial charge on any atom is 0.341 e. The van der Waals surface area contributed by atoms with Gasteiger partial charge in [0.05, 0.1) is 10.9 Å². The van der Waals surface area contributed by atoms with Gasteiger partial charge >= 0.3 is 5.97 Å². The number of aromatic nitrogens is 1. The SMILES string of the molecule is CCn1cc(C(=O)O)c(=O)c2cc3c(cc21)OCO3.[K]. The molecule has 0 unspecified atom stereocenters. The van der Waals surface area contributed by atoms with Crippen LogP contribution < -0.4 is 14.9 Å². The minimum atomic E-state index is -1.23. The summed E-state index contributed by atoms with van der Waals surface area (Å²) in [4.78, 5) is 23.2. The maximum atomic E-state index is 12.1. The van der Waals surface area contributed by atoms with Gasteiger partial charge in [-0.15, -0.1) is 0 Å². The van der Waals surface area contributed by atoms with Crippen molar-refractivity contribution in [1.29, 1.82) is 0 Å². The van der Waals surface area contributed by atoms with Crippen LogP contribution in [-0.2, 0) is 6.54 Å². The van der Waals surface area contributed by atoms with Crippen molar-refractivity contribution in [1.82, 2.24) is 4.57 Å². The Morgan fingerprint density at radius 3 is 2.60 bits per heavy atom. The van der Waals surface area contributed by atoms with Crippen LogP contribution in [0.3, 0.4) is 0 Å². The average Bonchev–Trinajstić information content (AvgIpc) is 2.84. The van der Waals surface area contributed by atoms with Gasteiger partial charge in [-0.3, -0.25) is 4.79 Å². The Bertz CT molecular complexity index is 752. The molecule has 2 heterocycles.